The molecular formula is C22H28N2O5. The number of rotatable bonds is 12. The van der Waals surface area contributed by atoms with Crippen LogP contribution in [0.1, 0.15) is 26.7 Å². The Morgan fingerprint density at radius 2 is 1.69 bits per heavy atom. The molecule has 0 aliphatic heterocycles. The SMILES string of the molecule is CC(C)OCCC[NH2+][C@@H](CC(=O)Nc1ccc(Oc2ccccc2)cc1)C(=O)[O-]. The summed E-state index contributed by atoms with van der Waals surface area (Å²) in [5.41, 5.74) is 0.567. The number of para-hydroxylation sites is 1. The lowest BCUT2D eigenvalue weighted by molar-refractivity contribution is -0.682. The molecule has 7 heteroatoms. The van der Waals surface area contributed by atoms with Crippen molar-refractivity contribution in [3.05, 3.63) is 54.6 Å². The fraction of sp³-hybridized carbons (Fsp3) is 0.364. The first-order valence-electron chi connectivity index (χ1n) is 9.72. The zero-order valence-electron chi connectivity index (χ0n) is 16.8. The lowest BCUT2D eigenvalue weighted by atomic mass is 10.2. The van der Waals surface area contributed by atoms with Gasteiger partial charge in [-0.25, -0.2) is 0 Å². The molecule has 0 aliphatic carbocycles. The van der Waals surface area contributed by atoms with E-state index in [0.717, 1.165) is 5.75 Å². The standard InChI is InChI=1S/C22H28N2O5/c1-16(2)28-14-6-13-23-20(22(26)27)15-21(25)24-17-9-11-19(12-10-17)29-18-7-4-3-5-8-18/h3-5,7-12,16,20,23H,6,13-15H2,1-2H3,(H,24,25)(H,26,27)/t20-/m0/s1. The summed E-state index contributed by atoms with van der Waals surface area (Å²) in [4.78, 5) is 23.5. The summed E-state index contributed by atoms with van der Waals surface area (Å²) < 4.78 is 11.1. The van der Waals surface area contributed by atoms with E-state index in [-0.39, 0.29) is 18.4 Å². The van der Waals surface area contributed by atoms with Crippen LogP contribution in [0.15, 0.2) is 54.6 Å². The highest BCUT2D eigenvalue weighted by Crippen LogP contribution is 2.22. The Balaban J connectivity index is 1.79. The molecule has 0 spiro atoms. The monoisotopic (exact) mass is 400 g/mol. The maximum Gasteiger partial charge on any atom is 0.230 e. The van der Waals surface area contributed by atoms with Crippen molar-refractivity contribution in [3.63, 3.8) is 0 Å². The van der Waals surface area contributed by atoms with Gasteiger partial charge in [0.05, 0.1) is 31.6 Å². The number of nitrogens with one attached hydrogen (secondary N) is 1. The van der Waals surface area contributed by atoms with E-state index >= 15 is 0 Å². The van der Waals surface area contributed by atoms with Gasteiger partial charge in [0.25, 0.3) is 0 Å². The predicted molar refractivity (Wildman–Crippen MR) is 107 cm³/mol. The third-order valence-electron chi connectivity index (χ3n) is 4.08. The van der Waals surface area contributed by atoms with Gasteiger partial charge < -0.3 is 30.0 Å². The van der Waals surface area contributed by atoms with Crippen LogP contribution >= 0.6 is 0 Å². The van der Waals surface area contributed by atoms with Crippen LogP contribution in [0, 0.1) is 0 Å². The van der Waals surface area contributed by atoms with Gasteiger partial charge in [-0.15, -0.1) is 0 Å². The fourth-order valence-corrected chi connectivity index (χ4v) is 2.63. The molecule has 156 valence electrons. The number of aliphatic carboxylic acids is 1. The number of benzene rings is 2. The Morgan fingerprint density at radius 1 is 1.03 bits per heavy atom. The van der Waals surface area contributed by atoms with E-state index in [9.17, 15) is 14.7 Å². The molecule has 2 aromatic rings. The molecule has 0 heterocycles. The molecule has 2 aromatic carbocycles. The minimum absolute atomic E-state index is 0.141. The lowest BCUT2D eigenvalue weighted by Gasteiger charge is -2.16. The quantitative estimate of drug-likeness (QED) is 0.523. The van der Waals surface area contributed by atoms with Gasteiger partial charge in [-0.2, -0.15) is 0 Å². The number of hydrogen-bond acceptors (Lipinski definition) is 5. The van der Waals surface area contributed by atoms with Crippen molar-refractivity contribution in [1.29, 1.82) is 0 Å². The maximum absolute atomic E-state index is 12.2. The van der Waals surface area contributed by atoms with Crippen LogP contribution in [0.2, 0.25) is 0 Å². The maximum atomic E-state index is 12.2. The number of carbonyl (C=O) groups excluding carboxylic acids is 2. The lowest BCUT2D eigenvalue weighted by Crippen LogP contribution is -2.93. The normalized spacial score (nSPS) is 11.8. The van der Waals surface area contributed by atoms with E-state index in [0.29, 0.717) is 31.0 Å². The Hall–Kier alpha value is -2.90. The minimum Gasteiger partial charge on any atom is -0.544 e. The molecule has 7 nitrogen and oxygen atoms in total. The average molecular weight is 400 g/mol. The molecular weight excluding hydrogens is 372 g/mol. The van der Waals surface area contributed by atoms with Gasteiger partial charge in [-0.1, -0.05) is 18.2 Å². The first-order chi connectivity index (χ1) is 13.9. The van der Waals surface area contributed by atoms with Gasteiger partial charge in [0.15, 0.2) is 0 Å². The van der Waals surface area contributed by atoms with Gasteiger partial charge in [0.2, 0.25) is 5.91 Å². The van der Waals surface area contributed by atoms with Crippen molar-refractivity contribution in [2.75, 3.05) is 18.5 Å². The van der Waals surface area contributed by atoms with E-state index in [1.54, 1.807) is 29.6 Å². The fourth-order valence-electron chi connectivity index (χ4n) is 2.63. The van der Waals surface area contributed by atoms with Gasteiger partial charge in [0, 0.05) is 12.1 Å². The van der Waals surface area contributed by atoms with Crippen molar-refractivity contribution < 1.29 is 29.5 Å². The molecule has 0 unspecified atom stereocenters. The summed E-state index contributed by atoms with van der Waals surface area (Å²) in [6.45, 7) is 4.98. The Labute approximate surface area is 171 Å². The molecule has 1 amide bonds. The van der Waals surface area contributed by atoms with Gasteiger partial charge >= 0.3 is 0 Å². The second-order valence-electron chi connectivity index (χ2n) is 6.91. The number of anilines is 1. The molecule has 2 rings (SSSR count). The third kappa shape index (κ3) is 8.76. The van der Waals surface area contributed by atoms with E-state index < -0.39 is 12.0 Å². The number of hydrogen-bond donors (Lipinski definition) is 2. The largest absolute Gasteiger partial charge is 0.544 e. The van der Waals surface area contributed by atoms with Crippen molar-refractivity contribution in [2.24, 2.45) is 0 Å². The van der Waals surface area contributed by atoms with Crippen LogP contribution in [0.3, 0.4) is 0 Å². The summed E-state index contributed by atoms with van der Waals surface area (Å²) in [5, 5.41) is 15.6. The molecule has 1 atom stereocenters. The van der Waals surface area contributed by atoms with E-state index in [1.165, 1.54) is 0 Å². The van der Waals surface area contributed by atoms with Crippen LogP contribution in [-0.2, 0) is 14.3 Å². The van der Waals surface area contributed by atoms with Crippen LogP contribution in [0.25, 0.3) is 0 Å². The van der Waals surface area contributed by atoms with Gasteiger partial charge in [-0.3, -0.25) is 4.79 Å². The van der Waals surface area contributed by atoms with Gasteiger partial charge in [-0.05, 0) is 50.2 Å². The molecule has 0 saturated heterocycles. The second-order valence-corrected chi connectivity index (χ2v) is 6.91. The number of carboxylic acid groups (broad SMARTS) is 1. The van der Waals surface area contributed by atoms with Gasteiger partial charge in [0.1, 0.15) is 17.5 Å². The Kier molecular flexibility index (Phi) is 9.14. The van der Waals surface area contributed by atoms with Crippen molar-refractivity contribution in [2.45, 2.75) is 38.8 Å². The summed E-state index contributed by atoms with van der Waals surface area (Å²) in [6.07, 6.45) is 0.671. The first-order valence-corrected chi connectivity index (χ1v) is 9.72. The number of carboxylic acids is 1. The topological polar surface area (TPSA) is 104 Å². The summed E-state index contributed by atoms with van der Waals surface area (Å²) in [5.74, 6) is -0.281. The first kappa shape index (κ1) is 22.4. The van der Waals surface area contributed by atoms with Crippen LogP contribution in [0.5, 0.6) is 11.5 Å². The molecule has 0 fully saturated rings. The summed E-state index contributed by atoms with van der Waals surface area (Å²) in [7, 11) is 0. The number of quaternary nitrogens is 1. The number of carbonyl (C=O) groups is 2. The molecule has 0 aromatic heterocycles. The predicted octanol–water partition coefficient (Wildman–Crippen LogP) is 1.30. The highest BCUT2D eigenvalue weighted by molar-refractivity contribution is 5.93. The van der Waals surface area contributed by atoms with E-state index in [2.05, 4.69) is 5.32 Å². The third-order valence-corrected chi connectivity index (χ3v) is 4.08. The van der Waals surface area contributed by atoms with Crippen LogP contribution in [-0.4, -0.2) is 37.2 Å². The van der Waals surface area contributed by atoms with Crippen molar-refractivity contribution in [1.82, 2.24) is 0 Å². The number of nitrogens with two attached hydrogens (primary N) is 1. The molecule has 0 radical (unpaired) electrons. The number of ether oxygens (including phenoxy) is 2. The van der Waals surface area contributed by atoms with E-state index in [4.69, 9.17) is 9.47 Å². The van der Waals surface area contributed by atoms with E-state index in [1.807, 2.05) is 44.2 Å². The van der Waals surface area contributed by atoms with Crippen molar-refractivity contribution >= 4 is 17.6 Å². The number of amides is 1. The van der Waals surface area contributed by atoms with Crippen LogP contribution in [0.4, 0.5) is 5.69 Å². The van der Waals surface area contributed by atoms with Crippen molar-refractivity contribution in [3.8, 4) is 11.5 Å². The Bertz CT molecular complexity index is 763. The molecule has 0 bridgehead atoms. The van der Waals surface area contributed by atoms with Crippen LogP contribution < -0.4 is 20.5 Å². The molecule has 0 saturated carbocycles. The second kappa shape index (κ2) is 11.8. The Morgan fingerprint density at radius 3 is 2.31 bits per heavy atom. The molecule has 0 aliphatic rings. The zero-order chi connectivity index (χ0) is 21.1. The molecule has 3 N–H and O–H groups in total. The minimum atomic E-state index is -1.25. The summed E-state index contributed by atoms with van der Waals surface area (Å²) >= 11 is 0. The zero-order valence-corrected chi connectivity index (χ0v) is 16.8. The molecule has 29 heavy (non-hydrogen) atoms. The summed E-state index contributed by atoms with van der Waals surface area (Å²) in [6, 6.07) is 15.3. The average Bonchev–Trinajstić information content (AvgIpc) is 2.69. The smallest absolute Gasteiger partial charge is 0.230 e. The highest BCUT2D eigenvalue weighted by Gasteiger charge is 2.18. The highest BCUT2D eigenvalue weighted by atomic mass is 16.5.